The molecule has 0 heterocycles. The summed E-state index contributed by atoms with van der Waals surface area (Å²) < 4.78 is 55.4. The van der Waals surface area contributed by atoms with Gasteiger partial charge in [0.2, 0.25) is 0 Å². The number of alkyl halides is 2. The topological polar surface area (TPSA) is 109 Å². The number of nitrogens with one attached hydrogen (secondary N) is 1. The van der Waals surface area contributed by atoms with Gasteiger partial charge in [-0.25, -0.2) is 0 Å². The third-order valence-electron chi connectivity index (χ3n) is 2.09. The molecule has 0 bridgehead atoms. The fourth-order valence-corrected chi connectivity index (χ4v) is 1.84. The lowest BCUT2D eigenvalue weighted by atomic mass is 10.1. The van der Waals surface area contributed by atoms with Crippen molar-refractivity contribution in [3.8, 4) is 0 Å². The highest BCUT2D eigenvalue weighted by atomic mass is 127. The van der Waals surface area contributed by atoms with E-state index < -0.39 is 27.8 Å². The number of carbonyl (C=O) groups excluding carboxylic acids is 1. The summed E-state index contributed by atoms with van der Waals surface area (Å²) in [4.78, 5) is 11.6. The lowest BCUT2D eigenvalue weighted by molar-refractivity contribution is 0.0700. The summed E-state index contributed by atoms with van der Waals surface area (Å²) in [6.07, 6.45) is 0. The van der Waals surface area contributed by atoms with E-state index in [1.54, 1.807) is 11.4 Å². The minimum atomic E-state index is -5.58. The molecule has 0 unspecified atom stereocenters. The Bertz CT molecular complexity index is 606. The van der Waals surface area contributed by atoms with E-state index >= 15 is 0 Å². The first kappa shape index (κ1) is 16.0. The Balaban J connectivity index is 2.85. The molecule has 0 aliphatic carbocycles. The molecular weight excluding hydrogens is 397 g/mol. The molecule has 1 amide bonds. The van der Waals surface area contributed by atoms with Crippen molar-refractivity contribution in [2.45, 2.75) is 5.25 Å². The van der Waals surface area contributed by atoms with Crippen LogP contribution in [0.4, 0.5) is 14.5 Å². The van der Waals surface area contributed by atoms with Crippen molar-refractivity contribution in [2.75, 3.05) is 12.3 Å². The van der Waals surface area contributed by atoms with Crippen molar-refractivity contribution in [3.63, 3.8) is 0 Å². The molecule has 1 rings (SSSR count). The maximum atomic E-state index is 12.9. The van der Waals surface area contributed by atoms with E-state index in [1.807, 2.05) is 22.6 Å². The van der Waals surface area contributed by atoms with Gasteiger partial charge in [-0.1, -0.05) is 0 Å². The van der Waals surface area contributed by atoms with E-state index in [2.05, 4.69) is 0 Å². The molecule has 0 atom stereocenters. The van der Waals surface area contributed by atoms with E-state index in [0.29, 0.717) is 3.57 Å². The van der Waals surface area contributed by atoms with E-state index in [0.717, 1.165) is 0 Å². The van der Waals surface area contributed by atoms with Gasteiger partial charge in [0.05, 0.1) is 12.1 Å². The zero-order chi connectivity index (χ0) is 14.8. The van der Waals surface area contributed by atoms with Gasteiger partial charge in [0.1, 0.15) is 0 Å². The summed E-state index contributed by atoms with van der Waals surface area (Å²) in [7, 11) is -5.58. The summed E-state index contributed by atoms with van der Waals surface area (Å²) in [5, 5.41) is -2.76. The maximum Gasteiger partial charge on any atom is 0.386 e. The van der Waals surface area contributed by atoms with Gasteiger partial charge < -0.3 is 11.1 Å². The summed E-state index contributed by atoms with van der Waals surface area (Å²) in [5.41, 5.74) is 5.50. The third kappa shape index (κ3) is 3.98. The molecular formula is C9H9F2IN2O4S. The smallest absolute Gasteiger partial charge is 0.386 e. The van der Waals surface area contributed by atoms with Crippen LogP contribution in [0, 0.1) is 3.57 Å². The standard InChI is InChI=1S/C9H9F2IN2O4S/c10-9(11,19(16,17)18)4-14-8(15)6-3-5(12)1-2-7(6)13/h1-3H,4,13H2,(H,14,15)(H,16,17,18). The monoisotopic (exact) mass is 406 g/mol. The molecule has 0 saturated carbocycles. The lowest BCUT2D eigenvalue weighted by Crippen LogP contribution is -2.42. The summed E-state index contributed by atoms with van der Waals surface area (Å²) >= 11 is 1.89. The van der Waals surface area contributed by atoms with E-state index in [-0.39, 0.29) is 11.3 Å². The van der Waals surface area contributed by atoms with Gasteiger partial charge in [0, 0.05) is 9.26 Å². The summed E-state index contributed by atoms with van der Waals surface area (Å²) in [6, 6.07) is 4.38. The van der Waals surface area contributed by atoms with Crippen LogP contribution in [0.25, 0.3) is 0 Å². The Morgan fingerprint density at radius 3 is 2.58 bits per heavy atom. The number of hydrogen-bond acceptors (Lipinski definition) is 4. The number of halogens is 3. The largest absolute Gasteiger partial charge is 0.398 e. The van der Waals surface area contributed by atoms with Crippen LogP contribution in [-0.4, -0.2) is 30.7 Å². The number of benzene rings is 1. The number of rotatable bonds is 4. The minimum absolute atomic E-state index is 0.0574. The molecule has 19 heavy (non-hydrogen) atoms. The highest BCUT2D eigenvalue weighted by Crippen LogP contribution is 2.20. The molecule has 0 aromatic heterocycles. The van der Waals surface area contributed by atoms with E-state index in [9.17, 15) is 22.0 Å². The van der Waals surface area contributed by atoms with Crippen molar-refractivity contribution < 1.29 is 26.5 Å². The van der Waals surface area contributed by atoms with Crippen LogP contribution in [0.3, 0.4) is 0 Å². The van der Waals surface area contributed by atoms with Gasteiger partial charge in [-0.15, -0.1) is 0 Å². The molecule has 0 saturated heterocycles. The molecule has 0 fully saturated rings. The fourth-order valence-electron chi connectivity index (χ4n) is 1.09. The van der Waals surface area contributed by atoms with Crippen LogP contribution in [-0.2, 0) is 10.1 Å². The first-order valence-electron chi connectivity index (χ1n) is 4.72. The molecule has 10 heteroatoms. The molecule has 0 aliphatic heterocycles. The van der Waals surface area contributed by atoms with E-state index in [4.69, 9.17) is 10.3 Å². The second-order valence-electron chi connectivity index (χ2n) is 3.53. The van der Waals surface area contributed by atoms with Gasteiger partial charge in [-0.05, 0) is 40.8 Å². The average Bonchev–Trinajstić information content (AvgIpc) is 2.28. The molecule has 0 spiro atoms. The minimum Gasteiger partial charge on any atom is -0.398 e. The molecule has 106 valence electrons. The molecule has 1 aromatic rings. The van der Waals surface area contributed by atoms with Crippen molar-refractivity contribution in [1.82, 2.24) is 5.32 Å². The lowest BCUT2D eigenvalue weighted by Gasteiger charge is -2.14. The molecule has 1 aromatic carbocycles. The Labute approximate surface area is 121 Å². The van der Waals surface area contributed by atoms with Crippen LogP contribution in [0.1, 0.15) is 10.4 Å². The summed E-state index contributed by atoms with van der Waals surface area (Å²) in [5.74, 6) is -0.959. The van der Waals surface area contributed by atoms with Gasteiger partial charge in [-0.3, -0.25) is 9.35 Å². The second-order valence-corrected chi connectivity index (χ2v) is 6.32. The van der Waals surface area contributed by atoms with Crippen molar-refractivity contribution in [2.24, 2.45) is 0 Å². The SMILES string of the molecule is Nc1ccc(I)cc1C(=O)NCC(F)(F)S(=O)(=O)O. The van der Waals surface area contributed by atoms with Crippen molar-refractivity contribution >= 4 is 44.3 Å². The quantitative estimate of drug-likeness (QED) is 0.394. The number of hydrogen-bond donors (Lipinski definition) is 3. The Morgan fingerprint density at radius 2 is 2.05 bits per heavy atom. The normalized spacial score (nSPS) is 12.2. The van der Waals surface area contributed by atoms with Gasteiger partial charge >= 0.3 is 15.4 Å². The zero-order valence-electron chi connectivity index (χ0n) is 9.23. The fraction of sp³-hybridized carbons (Fsp3) is 0.222. The maximum absolute atomic E-state index is 12.9. The van der Waals surface area contributed by atoms with Crippen LogP contribution < -0.4 is 11.1 Å². The molecule has 0 radical (unpaired) electrons. The van der Waals surface area contributed by atoms with Crippen LogP contribution >= 0.6 is 22.6 Å². The first-order valence-corrected chi connectivity index (χ1v) is 7.24. The number of nitrogens with two attached hydrogens (primary N) is 1. The zero-order valence-corrected chi connectivity index (χ0v) is 12.2. The number of anilines is 1. The second kappa shape index (κ2) is 5.54. The highest BCUT2D eigenvalue weighted by Gasteiger charge is 2.44. The third-order valence-corrected chi connectivity index (χ3v) is 3.66. The number of carbonyl (C=O) groups is 1. The first-order chi connectivity index (χ1) is 8.54. The highest BCUT2D eigenvalue weighted by molar-refractivity contribution is 14.1. The summed E-state index contributed by atoms with van der Waals surface area (Å²) in [6.45, 7) is -1.55. The molecule has 4 N–H and O–H groups in total. The van der Waals surface area contributed by atoms with Gasteiger partial charge in [-0.2, -0.15) is 17.2 Å². The van der Waals surface area contributed by atoms with Crippen molar-refractivity contribution in [1.29, 1.82) is 0 Å². The van der Waals surface area contributed by atoms with Crippen LogP contribution in [0.15, 0.2) is 18.2 Å². The number of nitrogen functional groups attached to an aromatic ring is 1. The van der Waals surface area contributed by atoms with Gasteiger partial charge in [0.15, 0.2) is 0 Å². The Kier molecular flexibility index (Phi) is 4.68. The molecule has 0 aliphatic rings. The Hall–Kier alpha value is -1.01. The Morgan fingerprint density at radius 1 is 1.47 bits per heavy atom. The van der Waals surface area contributed by atoms with Crippen LogP contribution in [0.2, 0.25) is 0 Å². The predicted molar refractivity (Wildman–Crippen MR) is 72.4 cm³/mol. The van der Waals surface area contributed by atoms with Crippen LogP contribution in [0.5, 0.6) is 0 Å². The number of amides is 1. The van der Waals surface area contributed by atoms with Crippen molar-refractivity contribution in [3.05, 3.63) is 27.3 Å². The average molecular weight is 406 g/mol. The predicted octanol–water partition coefficient (Wildman–Crippen LogP) is 1.08. The van der Waals surface area contributed by atoms with Gasteiger partial charge in [0.25, 0.3) is 5.91 Å². The molecule has 6 nitrogen and oxygen atoms in total. The van der Waals surface area contributed by atoms with E-state index in [1.165, 1.54) is 12.1 Å².